The van der Waals surface area contributed by atoms with Crippen LogP contribution in [-0.4, -0.2) is 46.0 Å². The van der Waals surface area contributed by atoms with Gasteiger partial charge < -0.3 is 19.7 Å². The van der Waals surface area contributed by atoms with Gasteiger partial charge in [0.25, 0.3) is 0 Å². The summed E-state index contributed by atoms with van der Waals surface area (Å²) in [4.78, 5) is 20.3. The highest BCUT2D eigenvalue weighted by Crippen LogP contribution is 2.36. The number of nitrogens with zero attached hydrogens (tertiary/aromatic N) is 4. The third-order valence-electron chi connectivity index (χ3n) is 6.56. The first-order valence-electron chi connectivity index (χ1n) is 13.0. The summed E-state index contributed by atoms with van der Waals surface area (Å²) >= 11 is 0. The van der Waals surface area contributed by atoms with Gasteiger partial charge in [0.15, 0.2) is 0 Å². The van der Waals surface area contributed by atoms with E-state index in [4.69, 9.17) is 4.98 Å². The van der Waals surface area contributed by atoms with Crippen LogP contribution in [0.1, 0.15) is 28.1 Å². The van der Waals surface area contributed by atoms with Crippen molar-refractivity contribution in [2.45, 2.75) is 32.0 Å². The number of fused-ring (bicyclic) bond motifs is 1. The molecule has 4 rings (SSSR count). The minimum absolute atomic E-state index is 0.0383. The van der Waals surface area contributed by atoms with Crippen LogP contribution < -0.4 is 5.32 Å². The third-order valence-corrected chi connectivity index (χ3v) is 6.56. The lowest BCUT2D eigenvalue weighted by molar-refractivity contribution is -0.143. The summed E-state index contributed by atoms with van der Waals surface area (Å²) in [5.41, 5.74) is -0.608. The van der Waals surface area contributed by atoms with Gasteiger partial charge in [-0.2, -0.15) is 26.3 Å². The Morgan fingerprint density at radius 1 is 0.907 bits per heavy atom. The standard InChI is InChI=1S/C30H28F7N5O/c1-40(19-27-39-25-6-3-4-7-26(25)42(27)18-20-8-10-24(31)11-9-20)12-5-13-41(2)28(43)38-17-21-14-22(29(32,33)34)16-23(15-21)30(35,36)37/h3-12,14-16H,13,17-19H2,1-2H3,(H,38,43). The number of imidazole rings is 1. The van der Waals surface area contributed by atoms with Crippen molar-refractivity contribution >= 4 is 17.1 Å². The number of hydrogen-bond donors (Lipinski definition) is 1. The Labute approximate surface area is 243 Å². The molecule has 0 unspecified atom stereocenters. The van der Waals surface area contributed by atoms with E-state index in [0.717, 1.165) is 22.4 Å². The molecule has 0 atom stereocenters. The molecule has 0 aliphatic rings. The fourth-order valence-corrected chi connectivity index (χ4v) is 4.37. The van der Waals surface area contributed by atoms with Crippen molar-refractivity contribution in [3.63, 3.8) is 0 Å². The second kappa shape index (κ2) is 12.8. The number of carbonyl (C=O) groups excluding carboxylic acids is 1. The summed E-state index contributed by atoms with van der Waals surface area (Å²) in [7, 11) is 3.25. The summed E-state index contributed by atoms with van der Waals surface area (Å²) in [6.07, 6.45) is -6.54. The molecular weight excluding hydrogens is 579 g/mol. The molecule has 0 saturated carbocycles. The number of carbonyl (C=O) groups is 1. The van der Waals surface area contributed by atoms with E-state index in [-0.39, 0.29) is 24.0 Å². The molecule has 1 aromatic heterocycles. The van der Waals surface area contributed by atoms with Gasteiger partial charge >= 0.3 is 18.4 Å². The van der Waals surface area contributed by atoms with Gasteiger partial charge in [0, 0.05) is 33.7 Å². The van der Waals surface area contributed by atoms with Crippen molar-refractivity contribution in [2.75, 3.05) is 20.6 Å². The lowest BCUT2D eigenvalue weighted by Crippen LogP contribution is -2.37. The fraction of sp³-hybridized carbons (Fsp3) is 0.267. The second-order valence-electron chi connectivity index (χ2n) is 9.98. The number of halogens is 7. The first kappa shape index (κ1) is 31.4. The quantitative estimate of drug-likeness (QED) is 0.208. The fourth-order valence-electron chi connectivity index (χ4n) is 4.37. The van der Waals surface area contributed by atoms with E-state index in [1.54, 1.807) is 24.4 Å². The highest BCUT2D eigenvalue weighted by atomic mass is 19.4. The number of benzene rings is 3. The SMILES string of the molecule is CN(C=CCN(C)C(=O)NCc1cc(C(F)(F)F)cc(C(F)(F)F)c1)Cc1nc2ccccc2n1Cc1ccc(F)cc1. The number of aromatic nitrogens is 2. The minimum atomic E-state index is -4.97. The Hall–Kier alpha value is -4.55. The van der Waals surface area contributed by atoms with Crippen molar-refractivity contribution in [3.05, 3.63) is 113 Å². The topological polar surface area (TPSA) is 53.4 Å². The molecule has 4 aromatic rings. The molecule has 0 spiro atoms. The van der Waals surface area contributed by atoms with Crippen LogP contribution >= 0.6 is 0 Å². The van der Waals surface area contributed by atoms with E-state index in [0.29, 0.717) is 25.2 Å². The van der Waals surface area contributed by atoms with E-state index in [1.807, 2.05) is 40.8 Å². The van der Waals surface area contributed by atoms with E-state index < -0.39 is 36.1 Å². The van der Waals surface area contributed by atoms with E-state index in [1.165, 1.54) is 24.1 Å². The number of urea groups is 1. The second-order valence-corrected chi connectivity index (χ2v) is 9.98. The minimum Gasteiger partial charge on any atom is -0.373 e. The summed E-state index contributed by atoms with van der Waals surface area (Å²) in [5.74, 6) is 0.428. The molecule has 0 aliphatic heterocycles. The number of nitrogens with one attached hydrogen (secondary N) is 1. The van der Waals surface area contributed by atoms with Crippen molar-refractivity contribution < 1.29 is 35.5 Å². The number of hydrogen-bond acceptors (Lipinski definition) is 3. The maximum atomic E-state index is 13.4. The summed E-state index contributed by atoms with van der Waals surface area (Å²) < 4.78 is 94.0. The number of rotatable bonds is 9. The predicted octanol–water partition coefficient (Wildman–Crippen LogP) is 7.05. The Morgan fingerprint density at radius 3 is 2.16 bits per heavy atom. The average molecular weight is 608 g/mol. The molecule has 1 heterocycles. The van der Waals surface area contributed by atoms with Gasteiger partial charge in [-0.1, -0.05) is 24.3 Å². The normalized spacial score (nSPS) is 12.2. The van der Waals surface area contributed by atoms with Gasteiger partial charge in [-0.3, -0.25) is 0 Å². The van der Waals surface area contributed by atoms with Crippen LogP contribution in [0.5, 0.6) is 0 Å². The third kappa shape index (κ3) is 8.27. The molecule has 0 fully saturated rings. The Morgan fingerprint density at radius 2 is 1.53 bits per heavy atom. The zero-order valence-electron chi connectivity index (χ0n) is 23.2. The molecule has 0 aliphatic carbocycles. The number of alkyl halides is 6. The first-order valence-corrected chi connectivity index (χ1v) is 13.0. The van der Waals surface area contributed by atoms with Crippen molar-refractivity contribution in [1.82, 2.24) is 24.7 Å². The van der Waals surface area contributed by atoms with Crippen molar-refractivity contribution in [2.24, 2.45) is 0 Å². The van der Waals surface area contributed by atoms with Crippen LogP contribution in [0.3, 0.4) is 0 Å². The molecule has 2 amide bonds. The predicted molar refractivity (Wildman–Crippen MR) is 147 cm³/mol. The Bertz CT molecular complexity index is 1560. The maximum Gasteiger partial charge on any atom is 0.416 e. The highest BCUT2D eigenvalue weighted by molar-refractivity contribution is 5.76. The smallest absolute Gasteiger partial charge is 0.373 e. The van der Waals surface area contributed by atoms with E-state index in [2.05, 4.69) is 5.32 Å². The molecular formula is C30H28F7N5O. The Kier molecular flexibility index (Phi) is 9.31. The van der Waals surface area contributed by atoms with Crippen molar-refractivity contribution in [3.8, 4) is 0 Å². The summed E-state index contributed by atoms with van der Waals surface area (Å²) in [6, 6.07) is 14.4. The zero-order valence-corrected chi connectivity index (χ0v) is 23.2. The lowest BCUT2D eigenvalue weighted by Gasteiger charge is -2.19. The van der Waals surface area contributed by atoms with E-state index in [9.17, 15) is 35.5 Å². The molecule has 3 aromatic carbocycles. The molecule has 228 valence electrons. The van der Waals surface area contributed by atoms with Crippen LogP contribution in [0.4, 0.5) is 35.5 Å². The van der Waals surface area contributed by atoms with Crippen molar-refractivity contribution in [1.29, 1.82) is 0 Å². The molecule has 0 bridgehead atoms. The maximum absolute atomic E-state index is 13.4. The van der Waals surface area contributed by atoms with Gasteiger partial charge in [0.05, 0.1) is 28.7 Å². The lowest BCUT2D eigenvalue weighted by atomic mass is 10.0. The molecule has 1 N–H and O–H groups in total. The van der Waals surface area contributed by atoms with Crippen LogP contribution in [0.15, 0.2) is 79.0 Å². The van der Waals surface area contributed by atoms with Gasteiger partial charge in [-0.05, 0) is 65.9 Å². The Balaban J connectivity index is 1.37. The first-order chi connectivity index (χ1) is 20.2. The number of likely N-dealkylation sites (N-methyl/N-ethyl adjacent to an activating group) is 1. The van der Waals surface area contributed by atoms with Gasteiger partial charge in [0.1, 0.15) is 11.6 Å². The molecule has 43 heavy (non-hydrogen) atoms. The monoisotopic (exact) mass is 607 g/mol. The van der Waals surface area contributed by atoms with Gasteiger partial charge in [-0.15, -0.1) is 0 Å². The average Bonchev–Trinajstić information content (AvgIpc) is 3.28. The van der Waals surface area contributed by atoms with Crippen LogP contribution in [0.25, 0.3) is 11.0 Å². The highest BCUT2D eigenvalue weighted by Gasteiger charge is 2.36. The summed E-state index contributed by atoms with van der Waals surface area (Å²) in [6.45, 7) is 0.467. The summed E-state index contributed by atoms with van der Waals surface area (Å²) in [5, 5.41) is 2.35. The van der Waals surface area contributed by atoms with Crippen LogP contribution in [-0.2, 0) is 32.0 Å². The van der Waals surface area contributed by atoms with Crippen LogP contribution in [0, 0.1) is 5.82 Å². The zero-order chi connectivity index (χ0) is 31.4. The number of para-hydroxylation sites is 2. The molecule has 6 nitrogen and oxygen atoms in total. The number of amides is 2. The van der Waals surface area contributed by atoms with Crippen LogP contribution in [0.2, 0.25) is 0 Å². The molecule has 0 radical (unpaired) electrons. The van der Waals surface area contributed by atoms with Gasteiger partial charge in [-0.25, -0.2) is 14.2 Å². The van der Waals surface area contributed by atoms with Gasteiger partial charge in [0.2, 0.25) is 0 Å². The largest absolute Gasteiger partial charge is 0.416 e. The molecule has 13 heteroatoms. The van der Waals surface area contributed by atoms with E-state index >= 15 is 0 Å². The molecule has 0 saturated heterocycles.